The molecule has 0 aromatic carbocycles. The molecule has 2 nitrogen and oxygen atoms in total. The minimum atomic E-state index is 0.121. The summed E-state index contributed by atoms with van der Waals surface area (Å²) in [5.74, 6) is 0.627. The summed E-state index contributed by atoms with van der Waals surface area (Å²) in [5, 5.41) is 3.03. The van der Waals surface area contributed by atoms with Crippen molar-refractivity contribution in [2.24, 2.45) is 5.92 Å². The van der Waals surface area contributed by atoms with Crippen molar-refractivity contribution < 1.29 is 4.79 Å². The van der Waals surface area contributed by atoms with E-state index >= 15 is 0 Å². The predicted octanol–water partition coefficient (Wildman–Crippen LogP) is 2.76. The smallest absolute Gasteiger partial charge is 0.224 e. The molecule has 0 saturated heterocycles. The maximum atomic E-state index is 11.3. The van der Waals surface area contributed by atoms with Gasteiger partial charge in [0, 0.05) is 13.5 Å². The van der Waals surface area contributed by atoms with Crippen LogP contribution in [0.25, 0.3) is 0 Å². The molecule has 1 aromatic heterocycles. The molecule has 0 aliphatic rings. The Morgan fingerprint density at radius 2 is 2.31 bits per heavy atom. The van der Waals surface area contributed by atoms with E-state index in [0.29, 0.717) is 5.92 Å². The van der Waals surface area contributed by atoms with Crippen LogP contribution in [0.1, 0.15) is 20.8 Å². The second-order valence-electron chi connectivity index (χ2n) is 3.47. The van der Waals surface area contributed by atoms with Crippen molar-refractivity contribution >= 4 is 22.2 Å². The molecule has 1 rings (SSSR count). The average Bonchev–Trinajstić information content (AvgIpc) is 2.50. The zero-order valence-corrected chi connectivity index (χ0v) is 9.10. The van der Waals surface area contributed by atoms with Crippen molar-refractivity contribution in [3.8, 4) is 0 Å². The Labute approximate surface area is 83.2 Å². The van der Waals surface area contributed by atoms with Gasteiger partial charge in [0.05, 0.1) is 5.00 Å². The molecule has 0 radical (unpaired) electrons. The van der Waals surface area contributed by atoms with Crippen LogP contribution in [0.5, 0.6) is 0 Å². The molecule has 13 heavy (non-hydrogen) atoms. The van der Waals surface area contributed by atoms with Gasteiger partial charge in [0.2, 0.25) is 5.91 Å². The van der Waals surface area contributed by atoms with Gasteiger partial charge in [-0.15, -0.1) is 11.3 Å². The summed E-state index contributed by atoms with van der Waals surface area (Å²) in [6, 6.07) is 3.95. The third-order valence-electron chi connectivity index (χ3n) is 1.70. The summed E-state index contributed by atoms with van der Waals surface area (Å²) < 4.78 is 0. The van der Waals surface area contributed by atoms with Crippen molar-refractivity contribution in [3.63, 3.8) is 0 Å². The van der Waals surface area contributed by atoms with Crippen LogP contribution in [0.15, 0.2) is 17.5 Å². The van der Waals surface area contributed by atoms with Gasteiger partial charge in [0.25, 0.3) is 0 Å². The molecule has 0 fully saturated rings. The summed E-state index contributed by atoms with van der Waals surface area (Å²) in [4.78, 5) is 13.1. The first-order valence-corrected chi connectivity index (χ1v) is 5.31. The fraction of sp³-hybridized carbons (Fsp3) is 0.500. The van der Waals surface area contributed by atoms with Crippen LogP contribution in [-0.2, 0) is 4.79 Å². The number of nitrogens with zero attached hydrogens (tertiary/aromatic N) is 1. The highest BCUT2D eigenvalue weighted by atomic mass is 32.1. The Hall–Kier alpha value is -0.830. The molecule has 3 heteroatoms. The van der Waals surface area contributed by atoms with Crippen molar-refractivity contribution in [3.05, 3.63) is 17.5 Å². The normalized spacial score (nSPS) is 10.5. The van der Waals surface area contributed by atoms with Gasteiger partial charge in [-0.1, -0.05) is 13.8 Å². The molecule has 1 heterocycles. The molecule has 0 saturated carbocycles. The number of amides is 1. The number of thiophene rings is 1. The fourth-order valence-electron chi connectivity index (χ4n) is 1.16. The quantitative estimate of drug-likeness (QED) is 0.729. The van der Waals surface area contributed by atoms with E-state index in [1.807, 2.05) is 22.4 Å². The lowest BCUT2D eigenvalue weighted by Crippen LogP contribution is -2.31. The van der Waals surface area contributed by atoms with E-state index in [-0.39, 0.29) is 5.91 Å². The second kappa shape index (κ2) is 4.42. The van der Waals surface area contributed by atoms with E-state index in [9.17, 15) is 4.79 Å². The van der Waals surface area contributed by atoms with E-state index in [4.69, 9.17) is 0 Å². The molecule has 72 valence electrons. The first kappa shape index (κ1) is 10.3. The van der Waals surface area contributed by atoms with Crippen LogP contribution in [0.2, 0.25) is 0 Å². The number of anilines is 1. The molecule has 0 aliphatic carbocycles. The molecule has 0 unspecified atom stereocenters. The summed E-state index contributed by atoms with van der Waals surface area (Å²) in [5.41, 5.74) is 0. The van der Waals surface area contributed by atoms with Gasteiger partial charge in [-0.3, -0.25) is 4.79 Å². The zero-order valence-electron chi connectivity index (χ0n) is 8.28. The summed E-state index contributed by atoms with van der Waals surface area (Å²) in [6.07, 6.45) is 0. The summed E-state index contributed by atoms with van der Waals surface area (Å²) in [7, 11) is 0. The van der Waals surface area contributed by atoms with Crippen molar-refractivity contribution in [1.82, 2.24) is 0 Å². The molecule has 0 bridgehead atoms. The summed E-state index contributed by atoms with van der Waals surface area (Å²) >= 11 is 1.61. The highest BCUT2D eigenvalue weighted by Crippen LogP contribution is 2.22. The predicted molar refractivity (Wildman–Crippen MR) is 57.2 cm³/mol. The third kappa shape index (κ3) is 2.84. The lowest BCUT2D eigenvalue weighted by Gasteiger charge is -2.21. The van der Waals surface area contributed by atoms with Crippen LogP contribution in [0.4, 0.5) is 5.00 Å². The largest absolute Gasteiger partial charge is 0.304 e. The minimum absolute atomic E-state index is 0.121. The molecule has 0 atom stereocenters. The Morgan fingerprint density at radius 3 is 2.69 bits per heavy atom. The van der Waals surface area contributed by atoms with Crippen LogP contribution in [0, 0.1) is 5.92 Å². The lowest BCUT2D eigenvalue weighted by molar-refractivity contribution is -0.116. The van der Waals surface area contributed by atoms with Gasteiger partial charge in [0.1, 0.15) is 0 Å². The Kier molecular flexibility index (Phi) is 3.48. The number of hydrogen-bond acceptors (Lipinski definition) is 2. The number of carbonyl (C=O) groups excluding carboxylic acids is 1. The van der Waals surface area contributed by atoms with E-state index < -0.39 is 0 Å². The Morgan fingerprint density at radius 1 is 1.62 bits per heavy atom. The molecular weight excluding hydrogens is 182 g/mol. The molecule has 1 amide bonds. The fourth-order valence-corrected chi connectivity index (χ4v) is 1.95. The maximum absolute atomic E-state index is 11.3. The minimum Gasteiger partial charge on any atom is -0.304 e. The third-order valence-corrected chi connectivity index (χ3v) is 2.59. The Bertz CT molecular complexity index is 266. The monoisotopic (exact) mass is 197 g/mol. The topological polar surface area (TPSA) is 20.3 Å². The van der Waals surface area contributed by atoms with Gasteiger partial charge >= 0.3 is 0 Å². The molecular formula is C10H15NOS. The second-order valence-corrected chi connectivity index (χ2v) is 4.40. The van der Waals surface area contributed by atoms with Gasteiger partial charge in [0.15, 0.2) is 0 Å². The molecule has 0 spiro atoms. The SMILES string of the molecule is CC(=O)N(CC(C)C)c1cccs1. The maximum Gasteiger partial charge on any atom is 0.224 e. The highest BCUT2D eigenvalue weighted by Gasteiger charge is 2.13. The van der Waals surface area contributed by atoms with Crippen LogP contribution in [-0.4, -0.2) is 12.5 Å². The zero-order chi connectivity index (χ0) is 9.84. The van der Waals surface area contributed by atoms with Crippen LogP contribution < -0.4 is 4.90 Å². The first-order valence-electron chi connectivity index (χ1n) is 4.43. The van der Waals surface area contributed by atoms with Crippen molar-refractivity contribution in [2.75, 3.05) is 11.4 Å². The van der Waals surface area contributed by atoms with E-state index in [1.54, 1.807) is 18.3 Å². The van der Waals surface area contributed by atoms with E-state index in [0.717, 1.165) is 11.5 Å². The molecule has 0 N–H and O–H groups in total. The number of carbonyl (C=O) groups is 1. The number of hydrogen-bond donors (Lipinski definition) is 0. The van der Waals surface area contributed by atoms with Gasteiger partial charge in [-0.25, -0.2) is 0 Å². The van der Waals surface area contributed by atoms with E-state index in [1.165, 1.54) is 0 Å². The summed E-state index contributed by atoms with van der Waals surface area (Å²) in [6.45, 7) is 6.64. The van der Waals surface area contributed by atoms with Crippen LogP contribution >= 0.6 is 11.3 Å². The highest BCUT2D eigenvalue weighted by molar-refractivity contribution is 7.14. The van der Waals surface area contributed by atoms with Crippen molar-refractivity contribution in [1.29, 1.82) is 0 Å². The Balaban J connectivity index is 2.75. The molecule has 1 aromatic rings. The number of rotatable bonds is 3. The average molecular weight is 197 g/mol. The first-order chi connectivity index (χ1) is 6.11. The van der Waals surface area contributed by atoms with Crippen LogP contribution in [0.3, 0.4) is 0 Å². The van der Waals surface area contributed by atoms with Gasteiger partial charge in [-0.2, -0.15) is 0 Å². The van der Waals surface area contributed by atoms with E-state index in [2.05, 4.69) is 13.8 Å². The lowest BCUT2D eigenvalue weighted by atomic mass is 10.2. The van der Waals surface area contributed by atoms with Crippen molar-refractivity contribution in [2.45, 2.75) is 20.8 Å². The van der Waals surface area contributed by atoms with Gasteiger partial charge < -0.3 is 4.90 Å². The van der Waals surface area contributed by atoms with Gasteiger partial charge in [-0.05, 0) is 23.4 Å². The standard InChI is InChI=1S/C10H15NOS/c1-8(2)7-11(9(3)12)10-5-4-6-13-10/h4-6,8H,7H2,1-3H3. The molecule has 0 aliphatic heterocycles.